The van der Waals surface area contributed by atoms with Gasteiger partial charge in [0.05, 0.1) is 6.54 Å². The van der Waals surface area contributed by atoms with E-state index in [1.807, 2.05) is 19.9 Å². The van der Waals surface area contributed by atoms with E-state index in [1.165, 1.54) is 8.61 Å². The molecule has 1 aliphatic heterocycles. The van der Waals surface area contributed by atoms with Crippen molar-refractivity contribution >= 4 is 27.7 Å². The fourth-order valence-electron chi connectivity index (χ4n) is 2.80. The molecule has 1 heterocycles. The second-order valence-electron chi connectivity index (χ2n) is 5.72. The highest BCUT2D eigenvalue weighted by Crippen LogP contribution is 2.20. The second kappa shape index (κ2) is 8.29. The predicted octanol–water partition coefficient (Wildman–Crippen LogP) is 1.96. The highest BCUT2D eigenvalue weighted by atomic mass is 35.5. The van der Waals surface area contributed by atoms with E-state index in [1.54, 1.807) is 23.1 Å². The van der Waals surface area contributed by atoms with Gasteiger partial charge in [-0.2, -0.15) is 17.0 Å². The van der Waals surface area contributed by atoms with Crippen LogP contribution in [0.15, 0.2) is 24.3 Å². The van der Waals surface area contributed by atoms with Crippen LogP contribution in [0.25, 0.3) is 0 Å². The molecule has 0 bridgehead atoms. The molecule has 0 atom stereocenters. The molecule has 1 amide bonds. The summed E-state index contributed by atoms with van der Waals surface area (Å²) in [5.74, 6) is -0.159. The summed E-state index contributed by atoms with van der Waals surface area (Å²) in [5.41, 5.74) is 0.836. The molecule has 8 heteroatoms. The lowest BCUT2D eigenvalue weighted by atomic mass is 10.2. The molecule has 0 N–H and O–H groups in total. The summed E-state index contributed by atoms with van der Waals surface area (Å²) in [5, 5.41) is 0.579. The topological polar surface area (TPSA) is 60.9 Å². The number of hydrogen-bond acceptors (Lipinski definition) is 3. The van der Waals surface area contributed by atoms with Gasteiger partial charge in [-0.05, 0) is 38.0 Å². The molecular formula is C16H24ClN3O3S. The minimum atomic E-state index is -3.64. The van der Waals surface area contributed by atoms with Gasteiger partial charge in [-0.25, -0.2) is 0 Å². The first-order valence-corrected chi connectivity index (χ1v) is 9.93. The molecule has 0 spiro atoms. The average Bonchev–Trinajstić information content (AvgIpc) is 2.53. The number of carbonyl (C=O) groups is 1. The molecule has 1 fully saturated rings. The van der Waals surface area contributed by atoms with Crippen LogP contribution in [0.4, 0.5) is 0 Å². The Bertz CT molecular complexity index is 677. The Morgan fingerprint density at radius 3 is 2.50 bits per heavy atom. The summed E-state index contributed by atoms with van der Waals surface area (Å²) in [7, 11) is -3.64. The van der Waals surface area contributed by atoms with Gasteiger partial charge in [0.15, 0.2) is 0 Å². The average molecular weight is 374 g/mol. The SMILES string of the molecule is CCN(CC)C(=O)CN1CCCN(Cc2cccc(Cl)c2)S1(=O)=O. The number of halogens is 1. The molecule has 1 aliphatic rings. The molecule has 24 heavy (non-hydrogen) atoms. The van der Waals surface area contributed by atoms with Crippen LogP contribution in [-0.2, 0) is 21.5 Å². The molecule has 134 valence electrons. The third-order valence-electron chi connectivity index (χ3n) is 4.14. The van der Waals surface area contributed by atoms with Crippen LogP contribution in [0.1, 0.15) is 25.8 Å². The van der Waals surface area contributed by atoms with Gasteiger partial charge in [0.2, 0.25) is 5.91 Å². The van der Waals surface area contributed by atoms with E-state index in [9.17, 15) is 13.2 Å². The van der Waals surface area contributed by atoms with Crippen molar-refractivity contribution in [3.63, 3.8) is 0 Å². The van der Waals surface area contributed by atoms with Crippen molar-refractivity contribution in [1.82, 2.24) is 13.5 Å². The summed E-state index contributed by atoms with van der Waals surface area (Å²) in [6.07, 6.45) is 0.700. The first kappa shape index (κ1) is 19.2. The predicted molar refractivity (Wildman–Crippen MR) is 94.9 cm³/mol. The normalized spacial score (nSPS) is 18.5. The van der Waals surface area contributed by atoms with Crippen molar-refractivity contribution in [2.75, 3.05) is 32.7 Å². The smallest absolute Gasteiger partial charge is 0.282 e. The number of likely N-dealkylation sites (N-methyl/N-ethyl adjacent to an activating group) is 1. The Kier molecular flexibility index (Phi) is 6.62. The maximum atomic E-state index is 12.8. The van der Waals surface area contributed by atoms with Crippen molar-refractivity contribution in [3.05, 3.63) is 34.9 Å². The Balaban J connectivity index is 2.11. The first-order valence-electron chi connectivity index (χ1n) is 8.16. The molecule has 0 radical (unpaired) electrons. The first-order chi connectivity index (χ1) is 11.4. The van der Waals surface area contributed by atoms with Gasteiger partial charge in [-0.15, -0.1) is 0 Å². The van der Waals surface area contributed by atoms with Gasteiger partial charge in [0.25, 0.3) is 10.2 Å². The third-order valence-corrected chi connectivity index (χ3v) is 6.31. The lowest BCUT2D eigenvalue weighted by molar-refractivity contribution is -0.131. The van der Waals surface area contributed by atoms with Crippen molar-refractivity contribution in [3.8, 4) is 0 Å². The Morgan fingerprint density at radius 1 is 1.21 bits per heavy atom. The molecule has 2 rings (SSSR count). The van der Waals surface area contributed by atoms with E-state index >= 15 is 0 Å². The van der Waals surface area contributed by atoms with Crippen molar-refractivity contribution in [2.45, 2.75) is 26.8 Å². The van der Waals surface area contributed by atoms with Crippen molar-refractivity contribution < 1.29 is 13.2 Å². The van der Waals surface area contributed by atoms with Crippen LogP contribution >= 0.6 is 11.6 Å². The Labute approximate surface area is 149 Å². The van der Waals surface area contributed by atoms with Gasteiger partial charge in [-0.1, -0.05) is 23.7 Å². The van der Waals surface area contributed by atoms with Crippen LogP contribution in [-0.4, -0.2) is 60.6 Å². The largest absolute Gasteiger partial charge is 0.342 e. The van der Waals surface area contributed by atoms with Gasteiger partial charge in [-0.3, -0.25) is 4.79 Å². The Hall–Kier alpha value is -1.15. The number of carbonyl (C=O) groups excluding carboxylic acids is 1. The zero-order valence-corrected chi connectivity index (χ0v) is 15.7. The fourth-order valence-corrected chi connectivity index (χ4v) is 4.65. The molecule has 0 aliphatic carbocycles. The zero-order chi connectivity index (χ0) is 17.7. The van der Waals surface area contributed by atoms with Gasteiger partial charge < -0.3 is 4.90 Å². The summed E-state index contributed by atoms with van der Waals surface area (Å²) >= 11 is 5.97. The van der Waals surface area contributed by atoms with E-state index < -0.39 is 10.2 Å². The monoisotopic (exact) mass is 373 g/mol. The summed E-state index contributed by atoms with van der Waals surface area (Å²) in [6, 6.07) is 7.17. The zero-order valence-electron chi connectivity index (χ0n) is 14.1. The molecule has 1 aromatic rings. The minimum Gasteiger partial charge on any atom is -0.342 e. The molecule has 6 nitrogen and oxygen atoms in total. The van der Waals surface area contributed by atoms with E-state index in [-0.39, 0.29) is 19.0 Å². The maximum Gasteiger partial charge on any atom is 0.282 e. The molecule has 1 saturated heterocycles. The molecule has 0 unspecified atom stereocenters. The molecule has 0 saturated carbocycles. The number of nitrogens with zero attached hydrogens (tertiary/aromatic N) is 3. The molecule has 1 aromatic carbocycles. The van der Waals surface area contributed by atoms with Crippen molar-refractivity contribution in [1.29, 1.82) is 0 Å². The van der Waals surface area contributed by atoms with Gasteiger partial charge in [0, 0.05) is 37.7 Å². The highest BCUT2D eigenvalue weighted by molar-refractivity contribution is 7.86. The summed E-state index contributed by atoms with van der Waals surface area (Å²) < 4.78 is 28.3. The van der Waals surface area contributed by atoms with Crippen LogP contribution < -0.4 is 0 Å². The number of rotatable bonds is 6. The number of hydrogen-bond donors (Lipinski definition) is 0. The second-order valence-corrected chi connectivity index (χ2v) is 8.09. The van der Waals surface area contributed by atoms with Crippen LogP contribution in [0.2, 0.25) is 5.02 Å². The van der Waals surface area contributed by atoms with Crippen LogP contribution in [0.3, 0.4) is 0 Å². The van der Waals surface area contributed by atoms with Crippen LogP contribution in [0.5, 0.6) is 0 Å². The third kappa shape index (κ3) is 4.47. The summed E-state index contributed by atoms with van der Waals surface area (Å²) in [6.45, 7) is 5.92. The minimum absolute atomic E-state index is 0.101. The van der Waals surface area contributed by atoms with E-state index in [4.69, 9.17) is 11.6 Å². The number of amides is 1. The standard InChI is InChI=1S/C16H24ClN3O3S/c1-3-18(4-2)16(21)13-20-10-6-9-19(24(20,22)23)12-14-7-5-8-15(17)11-14/h5,7-8,11H,3-4,6,9-10,12-13H2,1-2H3. The number of benzene rings is 1. The lowest BCUT2D eigenvalue weighted by Crippen LogP contribution is -2.52. The Morgan fingerprint density at radius 2 is 1.88 bits per heavy atom. The van der Waals surface area contributed by atoms with E-state index in [0.717, 1.165) is 5.56 Å². The van der Waals surface area contributed by atoms with Crippen molar-refractivity contribution in [2.24, 2.45) is 0 Å². The van der Waals surface area contributed by atoms with Gasteiger partial charge in [0.1, 0.15) is 0 Å². The van der Waals surface area contributed by atoms with Crippen LogP contribution in [0, 0.1) is 0 Å². The molecule has 0 aromatic heterocycles. The fraction of sp³-hybridized carbons (Fsp3) is 0.562. The van der Waals surface area contributed by atoms with Gasteiger partial charge >= 0.3 is 0 Å². The maximum absolute atomic E-state index is 12.8. The summed E-state index contributed by atoms with van der Waals surface area (Å²) in [4.78, 5) is 13.9. The lowest BCUT2D eigenvalue weighted by Gasteiger charge is -2.35. The molecular weight excluding hydrogens is 350 g/mol. The quantitative estimate of drug-likeness (QED) is 0.765. The van der Waals surface area contributed by atoms with E-state index in [0.29, 0.717) is 37.6 Å². The highest BCUT2D eigenvalue weighted by Gasteiger charge is 2.35. The van der Waals surface area contributed by atoms with E-state index in [2.05, 4.69) is 0 Å².